The fraction of sp³-hybridized carbons (Fsp3) is 0.300. The lowest BCUT2D eigenvalue weighted by Gasteiger charge is -2.25. The van der Waals surface area contributed by atoms with E-state index in [1.807, 2.05) is 5.32 Å². The number of alkyl halides is 3. The zero-order valence-corrected chi connectivity index (χ0v) is 19.4. The van der Waals surface area contributed by atoms with Gasteiger partial charge in [-0.05, 0) is 49.4 Å². The number of anilines is 2. The van der Waals surface area contributed by atoms with E-state index in [4.69, 9.17) is 16.7 Å². The lowest BCUT2D eigenvalue weighted by atomic mass is 10.1. The molecule has 0 saturated carbocycles. The van der Waals surface area contributed by atoms with E-state index in [0.717, 1.165) is 18.2 Å². The Morgan fingerprint density at radius 1 is 1.12 bits per heavy atom. The first-order chi connectivity index (χ1) is 15.6. The molecular formula is C20H21ClF3N3O6S. The number of carbonyl (C=O) groups excluding carboxylic acids is 2. The highest BCUT2D eigenvalue weighted by Crippen LogP contribution is 2.33. The van der Waals surface area contributed by atoms with Crippen LogP contribution < -0.4 is 10.0 Å². The number of sulfonamides is 1. The summed E-state index contributed by atoms with van der Waals surface area (Å²) in [6, 6.07) is 8.32. The van der Waals surface area contributed by atoms with E-state index in [9.17, 15) is 36.3 Å². The number of halogens is 4. The fourth-order valence-electron chi connectivity index (χ4n) is 2.50. The molecule has 2 aromatic carbocycles. The van der Waals surface area contributed by atoms with Crippen LogP contribution in [0, 0.1) is 0 Å². The Labute approximate surface area is 198 Å². The third-order valence-electron chi connectivity index (χ3n) is 4.66. The summed E-state index contributed by atoms with van der Waals surface area (Å²) >= 11 is 5.93. The van der Waals surface area contributed by atoms with E-state index in [1.165, 1.54) is 36.2 Å². The van der Waals surface area contributed by atoms with E-state index in [-0.39, 0.29) is 52.8 Å². The minimum absolute atomic E-state index is 0.107. The van der Waals surface area contributed by atoms with Crippen molar-refractivity contribution in [2.75, 3.05) is 30.2 Å². The number of amides is 2. The molecule has 0 heterocycles. The van der Waals surface area contributed by atoms with Gasteiger partial charge in [-0.2, -0.15) is 13.2 Å². The van der Waals surface area contributed by atoms with Crippen LogP contribution in [0.15, 0.2) is 47.4 Å². The molecule has 0 aromatic heterocycles. The van der Waals surface area contributed by atoms with Crippen molar-refractivity contribution >= 4 is 44.8 Å². The predicted octanol–water partition coefficient (Wildman–Crippen LogP) is 2.46. The normalized spacial score (nSPS) is 13.6. The van der Waals surface area contributed by atoms with Crippen molar-refractivity contribution in [2.24, 2.45) is 0 Å². The SMILES string of the molecule is CN(CCO)C(=O)c1ccc(NS(=O)(=O)c2ccc(NC(=O)[C@@](C)(O)C(F)(F)F)c(Cl)c2)cc1. The van der Waals surface area contributed by atoms with E-state index in [0.29, 0.717) is 0 Å². The van der Waals surface area contributed by atoms with Crippen LogP contribution in [0.5, 0.6) is 0 Å². The number of rotatable bonds is 8. The molecule has 0 radical (unpaired) electrons. The molecule has 0 spiro atoms. The second kappa shape index (κ2) is 10.2. The van der Waals surface area contributed by atoms with Gasteiger partial charge in [0.2, 0.25) is 5.60 Å². The first kappa shape index (κ1) is 27.4. The Kier molecular flexibility index (Phi) is 8.19. The largest absolute Gasteiger partial charge is 0.426 e. The lowest BCUT2D eigenvalue weighted by molar-refractivity contribution is -0.242. The molecule has 4 N–H and O–H groups in total. The molecule has 0 aliphatic carbocycles. The molecule has 0 saturated heterocycles. The molecule has 0 bridgehead atoms. The van der Waals surface area contributed by atoms with Gasteiger partial charge >= 0.3 is 6.18 Å². The molecule has 0 aliphatic heterocycles. The maximum Gasteiger partial charge on any atom is 0.426 e. The quantitative estimate of drug-likeness (QED) is 0.420. The maximum absolute atomic E-state index is 12.8. The smallest absolute Gasteiger partial charge is 0.395 e. The Morgan fingerprint density at radius 3 is 2.21 bits per heavy atom. The van der Waals surface area contributed by atoms with Gasteiger partial charge in [-0.15, -0.1) is 0 Å². The van der Waals surface area contributed by atoms with E-state index in [2.05, 4.69) is 4.72 Å². The molecule has 0 aliphatic rings. The van der Waals surface area contributed by atoms with E-state index < -0.39 is 27.7 Å². The van der Waals surface area contributed by atoms with Crippen molar-refractivity contribution in [3.63, 3.8) is 0 Å². The van der Waals surface area contributed by atoms with Crippen LogP contribution in [0.2, 0.25) is 5.02 Å². The number of nitrogens with one attached hydrogen (secondary N) is 2. The van der Waals surface area contributed by atoms with Gasteiger partial charge in [-0.3, -0.25) is 14.3 Å². The van der Waals surface area contributed by atoms with Crippen molar-refractivity contribution in [2.45, 2.75) is 23.6 Å². The van der Waals surface area contributed by atoms with Gasteiger partial charge in [0.05, 0.1) is 22.2 Å². The van der Waals surface area contributed by atoms with Crippen LogP contribution in [-0.2, 0) is 14.8 Å². The Balaban J connectivity index is 2.18. The van der Waals surface area contributed by atoms with E-state index in [1.54, 1.807) is 0 Å². The number of nitrogens with zero attached hydrogens (tertiary/aromatic N) is 1. The number of hydrogen-bond donors (Lipinski definition) is 4. The summed E-state index contributed by atoms with van der Waals surface area (Å²) < 4.78 is 65.9. The van der Waals surface area contributed by atoms with Gasteiger partial charge in [-0.25, -0.2) is 8.42 Å². The van der Waals surface area contributed by atoms with Gasteiger partial charge in [0.1, 0.15) is 0 Å². The number of aliphatic hydroxyl groups is 2. The zero-order chi connectivity index (χ0) is 25.9. The summed E-state index contributed by atoms with van der Waals surface area (Å²) in [6.07, 6.45) is -5.24. The van der Waals surface area contributed by atoms with E-state index >= 15 is 0 Å². The topological polar surface area (TPSA) is 136 Å². The second-order valence-electron chi connectivity index (χ2n) is 7.30. The third-order valence-corrected chi connectivity index (χ3v) is 6.35. The summed E-state index contributed by atoms with van der Waals surface area (Å²) in [5.41, 5.74) is -3.67. The summed E-state index contributed by atoms with van der Waals surface area (Å²) in [4.78, 5) is 24.9. The first-order valence-electron chi connectivity index (χ1n) is 9.49. The van der Waals surface area contributed by atoms with Gasteiger partial charge in [0.25, 0.3) is 21.8 Å². The standard InChI is InChI=1S/C20H21ClF3N3O6S/c1-19(31,20(22,23)24)18(30)25-16-8-7-14(11-15(16)21)34(32,33)26-13-5-3-12(4-6-13)17(29)27(2)9-10-28/h3-8,11,26,28,31H,9-10H2,1-2H3,(H,25,30)/t19-/m1/s1. The highest BCUT2D eigenvalue weighted by Gasteiger charge is 2.55. The minimum atomic E-state index is -5.24. The minimum Gasteiger partial charge on any atom is -0.395 e. The molecule has 34 heavy (non-hydrogen) atoms. The number of benzene rings is 2. The lowest BCUT2D eigenvalue weighted by Crippen LogP contribution is -2.52. The van der Waals surface area contributed by atoms with Crippen LogP contribution >= 0.6 is 11.6 Å². The van der Waals surface area contributed by atoms with Crippen LogP contribution in [0.4, 0.5) is 24.5 Å². The highest BCUT2D eigenvalue weighted by atomic mass is 35.5. The Bertz CT molecular complexity index is 1170. The van der Waals surface area contributed by atoms with Gasteiger partial charge in [-0.1, -0.05) is 11.6 Å². The first-order valence-corrected chi connectivity index (χ1v) is 11.4. The number of aliphatic hydroxyl groups excluding tert-OH is 1. The summed E-state index contributed by atoms with van der Waals surface area (Å²) in [5, 5.41) is 19.7. The van der Waals surface area contributed by atoms with Gasteiger partial charge in [0.15, 0.2) is 0 Å². The summed E-state index contributed by atoms with van der Waals surface area (Å²) in [5.74, 6) is -2.17. The number of carbonyl (C=O) groups is 2. The molecule has 2 rings (SSSR count). The summed E-state index contributed by atoms with van der Waals surface area (Å²) in [7, 11) is -2.70. The predicted molar refractivity (Wildman–Crippen MR) is 118 cm³/mol. The van der Waals surface area contributed by atoms with Crippen molar-refractivity contribution in [3.05, 3.63) is 53.1 Å². The zero-order valence-electron chi connectivity index (χ0n) is 17.9. The average Bonchev–Trinajstić information content (AvgIpc) is 2.74. The molecule has 0 fully saturated rings. The van der Waals surface area contributed by atoms with Crippen LogP contribution in [-0.4, -0.2) is 67.3 Å². The van der Waals surface area contributed by atoms with Crippen LogP contribution in [0.25, 0.3) is 0 Å². The molecule has 2 aromatic rings. The van der Waals surface area contributed by atoms with Crippen molar-refractivity contribution in [1.29, 1.82) is 0 Å². The fourth-order valence-corrected chi connectivity index (χ4v) is 3.88. The Morgan fingerprint density at radius 2 is 1.71 bits per heavy atom. The molecule has 9 nitrogen and oxygen atoms in total. The summed E-state index contributed by atoms with van der Waals surface area (Å²) in [6.45, 7) is 0.174. The second-order valence-corrected chi connectivity index (χ2v) is 9.39. The molecule has 0 unspecified atom stereocenters. The molecule has 1 atom stereocenters. The van der Waals surface area contributed by atoms with Crippen LogP contribution in [0.1, 0.15) is 17.3 Å². The average molecular weight is 524 g/mol. The van der Waals surface area contributed by atoms with Gasteiger partial charge in [0, 0.05) is 24.8 Å². The maximum atomic E-state index is 12.8. The monoisotopic (exact) mass is 523 g/mol. The third kappa shape index (κ3) is 6.17. The van der Waals surface area contributed by atoms with Crippen LogP contribution in [0.3, 0.4) is 0 Å². The highest BCUT2D eigenvalue weighted by molar-refractivity contribution is 7.92. The molecule has 14 heteroatoms. The van der Waals surface area contributed by atoms with Crippen molar-refractivity contribution < 1.29 is 41.4 Å². The van der Waals surface area contributed by atoms with Crippen molar-refractivity contribution in [3.8, 4) is 0 Å². The Hall–Kier alpha value is -2.87. The van der Waals surface area contributed by atoms with Gasteiger partial charge < -0.3 is 20.4 Å². The molecule has 2 amide bonds. The van der Waals surface area contributed by atoms with Crippen molar-refractivity contribution in [1.82, 2.24) is 4.90 Å². The molecular weight excluding hydrogens is 503 g/mol. The molecule has 186 valence electrons. The number of hydrogen-bond acceptors (Lipinski definition) is 6. The number of likely N-dealkylation sites (N-methyl/N-ethyl adjacent to an activating group) is 1.